The summed E-state index contributed by atoms with van der Waals surface area (Å²) in [5.41, 5.74) is 12.5. The maximum absolute atomic E-state index is 9.09. The maximum atomic E-state index is 9.09. The third-order valence-electron chi connectivity index (χ3n) is 2.26. The van der Waals surface area contributed by atoms with Crippen LogP contribution >= 0.6 is 27.5 Å². The second-order valence-corrected chi connectivity index (χ2v) is 4.69. The van der Waals surface area contributed by atoms with Gasteiger partial charge in [0.25, 0.3) is 0 Å². The van der Waals surface area contributed by atoms with Crippen molar-refractivity contribution < 1.29 is 0 Å². The van der Waals surface area contributed by atoms with E-state index in [1.54, 1.807) is 18.2 Å². The van der Waals surface area contributed by atoms with Gasteiger partial charge in [0.05, 0.1) is 10.7 Å². The normalized spacial score (nSPS) is 10.1. The molecule has 2 rings (SSSR count). The molecule has 2 aromatic rings. The molecule has 0 atom stereocenters. The standard InChI is InChI=1S/C11H7BrClN5/c12-7-3-5(1-2-8(7)13)9-6(4-14)10(15)18-11(16)17-9/h1-3H,(H4,15,16,17,18). The van der Waals surface area contributed by atoms with Gasteiger partial charge in [0, 0.05) is 10.0 Å². The Morgan fingerprint density at radius 3 is 2.61 bits per heavy atom. The Bertz CT molecular complexity index is 665. The van der Waals surface area contributed by atoms with Crippen LogP contribution in [0.2, 0.25) is 5.02 Å². The first-order valence-electron chi connectivity index (χ1n) is 4.81. The summed E-state index contributed by atoms with van der Waals surface area (Å²) in [7, 11) is 0. The summed E-state index contributed by atoms with van der Waals surface area (Å²) in [6.07, 6.45) is 0. The van der Waals surface area contributed by atoms with Crippen molar-refractivity contribution in [2.24, 2.45) is 0 Å². The Morgan fingerprint density at radius 2 is 2.00 bits per heavy atom. The lowest BCUT2D eigenvalue weighted by atomic mass is 10.1. The molecule has 0 aliphatic carbocycles. The van der Waals surface area contributed by atoms with Gasteiger partial charge in [-0.25, -0.2) is 4.98 Å². The predicted octanol–water partition coefficient (Wildman–Crippen LogP) is 2.60. The molecule has 0 bridgehead atoms. The number of nitriles is 1. The summed E-state index contributed by atoms with van der Waals surface area (Å²) in [6, 6.07) is 7.13. The highest BCUT2D eigenvalue weighted by Crippen LogP contribution is 2.31. The molecule has 90 valence electrons. The monoisotopic (exact) mass is 323 g/mol. The molecule has 5 nitrogen and oxygen atoms in total. The van der Waals surface area contributed by atoms with Crippen molar-refractivity contribution in [3.8, 4) is 17.3 Å². The minimum absolute atomic E-state index is 0.0209. The van der Waals surface area contributed by atoms with Gasteiger partial charge in [0.2, 0.25) is 5.95 Å². The fourth-order valence-electron chi connectivity index (χ4n) is 1.46. The molecule has 0 saturated carbocycles. The summed E-state index contributed by atoms with van der Waals surface area (Å²) in [6.45, 7) is 0. The van der Waals surface area contributed by atoms with E-state index in [9.17, 15) is 0 Å². The molecule has 7 heteroatoms. The van der Waals surface area contributed by atoms with Crippen LogP contribution in [0.4, 0.5) is 11.8 Å². The summed E-state index contributed by atoms with van der Waals surface area (Å²) < 4.78 is 0.696. The number of halogens is 2. The second-order valence-electron chi connectivity index (χ2n) is 3.43. The van der Waals surface area contributed by atoms with Gasteiger partial charge < -0.3 is 11.5 Å². The number of nitrogen functional groups attached to an aromatic ring is 2. The first-order valence-corrected chi connectivity index (χ1v) is 5.98. The number of hydrogen-bond donors (Lipinski definition) is 2. The molecule has 0 aliphatic heterocycles. The lowest BCUT2D eigenvalue weighted by molar-refractivity contribution is 1.18. The van der Waals surface area contributed by atoms with Crippen LogP contribution in [0.25, 0.3) is 11.3 Å². The van der Waals surface area contributed by atoms with Gasteiger partial charge in [0.15, 0.2) is 0 Å². The highest BCUT2D eigenvalue weighted by atomic mass is 79.9. The van der Waals surface area contributed by atoms with Crippen LogP contribution in [0.5, 0.6) is 0 Å². The lowest BCUT2D eigenvalue weighted by Gasteiger charge is -2.07. The van der Waals surface area contributed by atoms with Gasteiger partial charge in [-0.1, -0.05) is 17.7 Å². The van der Waals surface area contributed by atoms with Crippen LogP contribution in [0.3, 0.4) is 0 Å². The molecule has 0 aliphatic rings. The van der Waals surface area contributed by atoms with E-state index in [0.717, 1.165) is 0 Å². The van der Waals surface area contributed by atoms with Crippen molar-refractivity contribution in [3.05, 3.63) is 33.3 Å². The van der Waals surface area contributed by atoms with E-state index in [2.05, 4.69) is 25.9 Å². The maximum Gasteiger partial charge on any atom is 0.222 e. The van der Waals surface area contributed by atoms with Gasteiger partial charge in [-0.2, -0.15) is 10.2 Å². The second kappa shape index (κ2) is 4.80. The quantitative estimate of drug-likeness (QED) is 0.839. The van der Waals surface area contributed by atoms with Gasteiger partial charge in [-0.05, 0) is 28.1 Å². The van der Waals surface area contributed by atoms with Crippen LogP contribution in [-0.2, 0) is 0 Å². The summed E-state index contributed by atoms with van der Waals surface area (Å²) in [4.78, 5) is 7.80. The lowest BCUT2D eigenvalue weighted by Crippen LogP contribution is -2.04. The van der Waals surface area contributed by atoms with Crippen LogP contribution < -0.4 is 11.5 Å². The molecule has 0 fully saturated rings. The minimum Gasteiger partial charge on any atom is -0.382 e. The number of nitrogens with zero attached hydrogens (tertiary/aromatic N) is 3. The number of hydrogen-bond acceptors (Lipinski definition) is 5. The van der Waals surface area contributed by atoms with Gasteiger partial charge in [-0.15, -0.1) is 0 Å². The molecule has 18 heavy (non-hydrogen) atoms. The fourth-order valence-corrected chi connectivity index (χ4v) is 1.95. The smallest absolute Gasteiger partial charge is 0.222 e. The number of benzene rings is 1. The molecule has 4 N–H and O–H groups in total. The summed E-state index contributed by atoms with van der Waals surface area (Å²) >= 11 is 9.22. The Kier molecular flexibility index (Phi) is 3.36. The topological polar surface area (TPSA) is 102 Å². The van der Waals surface area contributed by atoms with E-state index in [-0.39, 0.29) is 17.3 Å². The minimum atomic E-state index is 0.0209. The zero-order chi connectivity index (χ0) is 13.3. The zero-order valence-corrected chi connectivity index (χ0v) is 11.3. The van der Waals surface area contributed by atoms with Crippen molar-refractivity contribution in [3.63, 3.8) is 0 Å². The van der Waals surface area contributed by atoms with E-state index in [4.69, 9.17) is 28.3 Å². The average Bonchev–Trinajstić information content (AvgIpc) is 2.32. The molecule has 0 radical (unpaired) electrons. The van der Waals surface area contributed by atoms with Gasteiger partial charge >= 0.3 is 0 Å². The third kappa shape index (κ3) is 2.23. The Labute approximate surface area is 117 Å². The van der Waals surface area contributed by atoms with Crippen LogP contribution in [0.1, 0.15) is 5.56 Å². The molecular formula is C11H7BrClN5. The Balaban J connectivity index is 2.70. The Hall–Kier alpha value is -1.84. The molecule has 0 saturated heterocycles. The van der Waals surface area contributed by atoms with Crippen molar-refractivity contribution in [2.45, 2.75) is 0 Å². The molecule has 0 amide bonds. The molecule has 1 aromatic heterocycles. The summed E-state index contributed by atoms with van der Waals surface area (Å²) in [5.74, 6) is 0.0821. The number of rotatable bonds is 1. The summed E-state index contributed by atoms with van der Waals surface area (Å²) in [5, 5.41) is 9.65. The highest BCUT2D eigenvalue weighted by Gasteiger charge is 2.13. The fraction of sp³-hybridized carbons (Fsp3) is 0. The third-order valence-corrected chi connectivity index (χ3v) is 3.47. The van der Waals surface area contributed by atoms with Crippen LogP contribution in [-0.4, -0.2) is 9.97 Å². The predicted molar refractivity (Wildman–Crippen MR) is 73.7 cm³/mol. The van der Waals surface area contributed by atoms with Crippen molar-refractivity contribution in [1.29, 1.82) is 5.26 Å². The Morgan fingerprint density at radius 1 is 1.28 bits per heavy atom. The highest BCUT2D eigenvalue weighted by molar-refractivity contribution is 9.10. The van der Waals surface area contributed by atoms with Crippen LogP contribution in [0, 0.1) is 11.3 Å². The van der Waals surface area contributed by atoms with Gasteiger partial charge in [-0.3, -0.25) is 0 Å². The number of anilines is 2. The van der Waals surface area contributed by atoms with E-state index < -0.39 is 0 Å². The molecule has 0 spiro atoms. The van der Waals surface area contributed by atoms with E-state index in [1.165, 1.54) is 0 Å². The van der Waals surface area contributed by atoms with Crippen LogP contribution in [0.15, 0.2) is 22.7 Å². The molecular weight excluding hydrogens is 318 g/mol. The number of nitrogens with two attached hydrogens (primary N) is 2. The first-order chi connectivity index (χ1) is 8.52. The first kappa shape index (κ1) is 12.6. The SMILES string of the molecule is N#Cc1c(N)nc(N)nc1-c1ccc(Cl)c(Br)c1. The van der Waals surface area contributed by atoms with E-state index >= 15 is 0 Å². The molecule has 1 aromatic carbocycles. The van der Waals surface area contributed by atoms with Gasteiger partial charge in [0.1, 0.15) is 17.5 Å². The zero-order valence-electron chi connectivity index (χ0n) is 8.98. The average molecular weight is 325 g/mol. The molecule has 0 unspecified atom stereocenters. The van der Waals surface area contributed by atoms with Crippen molar-refractivity contribution in [1.82, 2.24) is 9.97 Å². The van der Waals surface area contributed by atoms with E-state index in [1.807, 2.05) is 6.07 Å². The number of aromatic nitrogens is 2. The molecule has 1 heterocycles. The van der Waals surface area contributed by atoms with E-state index in [0.29, 0.717) is 20.8 Å². The van der Waals surface area contributed by atoms with Crippen molar-refractivity contribution >= 4 is 39.3 Å². The largest absolute Gasteiger partial charge is 0.382 e. The van der Waals surface area contributed by atoms with Crippen molar-refractivity contribution in [2.75, 3.05) is 11.5 Å².